The average Bonchev–Trinajstić information content (AvgIpc) is 2.95. The van der Waals surface area contributed by atoms with Crippen molar-refractivity contribution < 1.29 is 32.6 Å². The van der Waals surface area contributed by atoms with E-state index in [4.69, 9.17) is 9.84 Å². The summed E-state index contributed by atoms with van der Waals surface area (Å²) in [6.07, 6.45) is -3.31. The maximum Gasteiger partial charge on any atom is 0.406 e. The lowest BCUT2D eigenvalue weighted by Crippen LogP contribution is -2.43. The minimum Gasteiger partial charge on any atom is -0.481 e. The van der Waals surface area contributed by atoms with Gasteiger partial charge in [-0.05, 0) is 12.1 Å². The Morgan fingerprint density at radius 3 is 2.76 bits per heavy atom. The van der Waals surface area contributed by atoms with E-state index < -0.39 is 36.6 Å². The van der Waals surface area contributed by atoms with Crippen LogP contribution in [-0.2, 0) is 16.1 Å². The number of rotatable bonds is 4. The fraction of sp³-hybridized carbons (Fsp3) is 0.500. The third-order valence-electron chi connectivity index (χ3n) is 3.13. The molecular formula is C12H13F3N2O4. The Morgan fingerprint density at radius 1 is 1.43 bits per heavy atom. The van der Waals surface area contributed by atoms with E-state index in [0.717, 1.165) is 10.8 Å². The summed E-state index contributed by atoms with van der Waals surface area (Å²) in [7, 11) is 0. The third-order valence-corrected chi connectivity index (χ3v) is 3.13. The molecule has 2 heterocycles. The van der Waals surface area contributed by atoms with Gasteiger partial charge in [0, 0.05) is 6.20 Å². The lowest BCUT2D eigenvalue weighted by Gasteiger charge is -2.17. The number of carbonyl (C=O) groups is 2. The number of nitrogens with one attached hydrogen (secondary N) is 1. The molecule has 1 amide bonds. The van der Waals surface area contributed by atoms with Gasteiger partial charge in [-0.25, -0.2) is 0 Å². The Hall–Kier alpha value is -2.03. The summed E-state index contributed by atoms with van der Waals surface area (Å²) < 4.78 is 42.9. The van der Waals surface area contributed by atoms with Gasteiger partial charge in [-0.1, -0.05) is 0 Å². The first-order chi connectivity index (χ1) is 9.78. The summed E-state index contributed by atoms with van der Waals surface area (Å²) >= 11 is 0. The average molecular weight is 306 g/mol. The Morgan fingerprint density at radius 2 is 2.14 bits per heavy atom. The zero-order valence-electron chi connectivity index (χ0n) is 10.8. The van der Waals surface area contributed by atoms with Gasteiger partial charge in [-0.15, -0.1) is 0 Å². The smallest absolute Gasteiger partial charge is 0.406 e. The maximum absolute atomic E-state index is 12.4. The SMILES string of the molecule is O=C(NC1COCC1C(=O)O)c1cccn1CC(F)(F)F. The topological polar surface area (TPSA) is 80.6 Å². The minimum absolute atomic E-state index is 0.0166. The largest absolute Gasteiger partial charge is 0.481 e. The van der Waals surface area contributed by atoms with Crippen LogP contribution in [0.2, 0.25) is 0 Å². The standard InChI is InChI=1S/C12H13F3N2O4/c13-12(14,15)6-17-3-1-2-9(17)10(18)16-8-5-21-4-7(8)11(19)20/h1-3,7-8H,4-6H2,(H,16,18)(H,19,20). The quantitative estimate of drug-likeness (QED) is 0.865. The zero-order valence-corrected chi connectivity index (χ0v) is 10.8. The number of carboxylic acids is 1. The first-order valence-corrected chi connectivity index (χ1v) is 6.11. The molecule has 2 atom stereocenters. The number of hydrogen-bond donors (Lipinski definition) is 2. The van der Waals surface area contributed by atoms with Gasteiger partial charge in [0.2, 0.25) is 0 Å². The summed E-state index contributed by atoms with van der Waals surface area (Å²) in [6.45, 7) is -1.31. The molecule has 0 spiro atoms. The Balaban J connectivity index is 2.07. The highest BCUT2D eigenvalue weighted by Gasteiger charge is 2.36. The molecule has 2 N–H and O–H groups in total. The molecule has 1 fully saturated rings. The molecule has 2 rings (SSSR count). The van der Waals surface area contributed by atoms with Crippen LogP contribution < -0.4 is 5.32 Å². The van der Waals surface area contributed by atoms with Gasteiger partial charge in [0.05, 0.1) is 19.3 Å². The summed E-state index contributed by atoms with van der Waals surface area (Å²) in [6, 6.07) is 1.80. The number of carbonyl (C=O) groups excluding carboxylic acids is 1. The normalized spacial score (nSPS) is 22.2. The molecule has 116 valence electrons. The Labute approximate surface area is 117 Å². The van der Waals surface area contributed by atoms with E-state index >= 15 is 0 Å². The highest BCUT2D eigenvalue weighted by atomic mass is 19.4. The zero-order chi connectivity index (χ0) is 15.6. The van der Waals surface area contributed by atoms with E-state index in [1.165, 1.54) is 12.1 Å². The van der Waals surface area contributed by atoms with Crippen molar-refractivity contribution in [2.24, 2.45) is 5.92 Å². The highest BCUT2D eigenvalue weighted by molar-refractivity contribution is 5.93. The molecule has 1 saturated heterocycles. The molecule has 0 aliphatic carbocycles. The van der Waals surface area contributed by atoms with Gasteiger partial charge < -0.3 is 19.7 Å². The van der Waals surface area contributed by atoms with Crippen LogP contribution in [0.1, 0.15) is 10.5 Å². The van der Waals surface area contributed by atoms with Crippen molar-refractivity contribution in [3.63, 3.8) is 0 Å². The number of halogens is 3. The predicted molar refractivity (Wildman–Crippen MR) is 63.7 cm³/mol. The second-order valence-electron chi connectivity index (χ2n) is 4.70. The highest BCUT2D eigenvalue weighted by Crippen LogP contribution is 2.20. The lowest BCUT2D eigenvalue weighted by molar-refractivity contribution is -0.142. The van der Waals surface area contributed by atoms with Crippen LogP contribution in [0.3, 0.4) is 0 Å². The van der Waals surface area contributed by atoms with Gasteiger partial charge in [-0.2, -0.15) is 13.2 Å². The Bertz CT molecular complexity index is 541. The molecule has 0 bridgehead atoms. The van der Waals surface area contributed by atoms with Crippen LogP contribution in [0.15, 0.2) is 18.3 Å². The number of ether oxygens (including phenoxy) is 1. The van der Waals surface area contributed by atoms with Crippen LogP contribution in [0, 0.1) is 5.92 Å². The summed E-state index contributed by atoms with van der Waals surface area (Å²) in [5.41, 5.74) is -0.177. The molecule has 1 aromatic rings. The van der Waals surface area contributed by atoms with Gasteiger partial charge in [0.15, 0.2) is 0 Å². The first kappa shape index (κ1) is 15.4. The molecule has 1 aliphatic rings. The van der Waals surface area contributed by atoms with Crippen LogP contribution >= 0.6 is 0 Å². The maximum atomic E-state index is 12.4. The fourth-order valence-electron chi connectivity index (χ4n) is 2.13. The van der Waals surface area contributed by atoms with Gasteiger partial charge >= 0.3 is 12.1 Å². The van der Waals surface area contributed by atoms with Gasteiger partial charge in [0.25, 0.3) is 5.91 Å². The number of aliphatic carboxylic acids is 1. The van der Waals surface area contributed by atoms with E-state index in [0.29, 0.717) is 0 Å². The molecule has 9 heteroatoms. The van der Waals surface area contributed by atoms with Crippen molar-refractivity contribution in [2.75, 3.05) is 13.2 Å². The molecule has 0 saturated carbocycles. The fourth-order valence-corrected chi connectivity index (χ4v) is 2.13. The Kier molecular flexibility index (Phi) is 4.21. The van der Waals surface area contributed by atoms with Crippen molar-refractivity contribution in [3.05, 3.63) is 24.0 Å². The molecule has 0 aromatic carbocycles. The third kappa shape index (κ3) is 3.75. The van der Waals surface area contributed by atoms with Crippen LogP contribution in [-0.4, -0.2) is 47.0 Å². The number of carboxylic acid groups (broad SMARTS) is 1. The number of nitrogens with zero attached hydrogens (tertiary/aromatic N) is 1. The molecule has 1 aliphatic heterocycles. The lowest BCUT2D eigenvalue weighted by atomic mass is 10.0. The van der Waals surface area contributed by atoms with E-state index in [-0.39, 0.29) is 18.9 Å². The number of alkyl halides is 3. The number of amides is 1. The van der Waals surface area contributed by atoms with Crippen molar-refractivity contribution in [1.82, 2.24) is 9.88 Å². The van der Waals surface area contributed by atoms with Gasteiger partial charge in [0.1, 0.15) is 18.2 Å². The van der Waals surface area contributed by atoms with Crippen LogP contribution in [0.5, 0.6) is 0 Å². The molecule has 0 radical (unpaired) electrons. The van der Waals surface area contributed by atoms with Crippen molar-refractivity contribution in [3.8, 4) is 0 Å². The van der Waals surface area contributed by atoms with E-state index in [1.807, 2.05) is 0 Å². The molecule has 6 nitrogen and oxygen atoms in total. The van der Waals surface area contributed by atoms with Crippen molar-refractivity contribution in [1.29, 1.82) is 0 Å². The molecule has 21 heavy (non-hydrogen) atoms. The summed E-state index contributed by atoms with van der Waals surface area (Å²) in [5.74, 6) is -2.78. The second kappa shape index (κ2) is 5.76. The molecule has 2 unspecified atom stereocenters. The monoisotopic (exact) mass is 306 g/mol. The minimum atomic E-state index is -4.45. The van der Waals surface area contributed by atoms with E-state index in [9.17, 15) is 22.8 Å². The molecular weight excluding hydrogens is 293 g/mol. The number of hydrogen-bond acceptors (Lipinski definition) is 3. The summed E-state index contributed by atoms with van der Waals surface area (Å²) in [4.78, 5) is 22.9. The predicted octanol–water partition coefficient (Wildman–Crippen LogP) is 0.880. The van der Waals surface area contributed by atoms with Crippen molar-refractivity contribution in [2.45, 2.75) is 18.8 Å². The summed E-state index contributed by atoms with van der Waals surface area (Å²) in [5, 5.41) is 11.4. The van der Waals surface area contributed by atoms with Crippen molar-refractivity contribution >= 4 is 11.9 Å². The van der Waals surface area contributed by atoms with E-state index in [2.05, 4.69) is 5.32 Å². The van der Waals surface area contributed by atoms with Crippen LogP contribution in [0.25, 0.3) is 0 Å². The first-order valence-electron chi connectivity index (χ1n) is 6.11. The van der Waals surface area contributed by atoms with Gasteiger partial charge in [-0.3, -0.25) is 9.59 Å². The van der Waals surface area contributed by atoms with Crippen LogP contribution in [0.4, 0.5) is 13.2 Å². The number of aromatic nitrogens is 1. The molecule has 1 aromatic heterocycles. The van der Waals surface area contributed by atoms with E-state index in [1.54, 1.807) is 0 Å². The second-order valence-corrected chi connectivity index (χ2v) is 4.70.